The molecule has 5 heteroatoms. The molecule has 35 heavy (non-hydrogen) atoms. The van der Waals surface area contributed by atoms with Crippen molar-refractivity contribution in [3.05, 3.63) is 11.6 Å². The zero-order valence-corrected chi connectivity index (χ0v) is 23.9. The van der Waals surface area contributed by atoms with Gasteiger partial charge in [0.15, 0.2) is 0 Å². The average Bonchev–Trinajstić information content (AvgIpc) is 2.78. The van der Waals surface area contributed by atoms with E-state index in [0.29, 0.717) is 36.5 Å². The van der Waals surface area contributed by atoms with Crippen LogP contribution in [0.1, 0.15) is 119 Å². The highest BCUT2D eigenvalue weighted by atomic mass is 16.5. The van der Waals surface area contributed by atoms with E-state index in [1.165, 1.54) is 31.3 Å². The fourth-order valence-corrected chi connectivity index (χ4v) is 5.51. The molecule has 5 nitrogen and oxygen atoms in total. The van der Waals surface area contributed by atoms with E-state index in [1.54, 1.807) is 6.92 Å². The molecule has 0 fully saturated rings. The molecular formula is C30H57NO4. The smallest absolute Gasteiger partial charge is 0.306 e. The molecule has 1 aliphatic carbocycles. The van der Waals surface area contributed by atoms with Crippen LogP contribution in [-0.2, 0) is 9.53 Å². The van der Waals surface area contributed by atoms with Gasteiger partial charge in [-0.25, -0.2) is 0 Å². The average molecular weight is 496 g/mol. The Kier molecular flexibility index (Phi) is 14.7. The maximum Gasteiger partial charge on any atom is 0.306 e. The second-order valence-corrected chi connectivity index (χ2v) is 12.1. The molecule has 8 atom stereocenters. The van der Waals surface area contributed by atoms with Crippen LogP contribution in [0, 0.1) is 29.6 Å². The van der Waals surface area contributed by atoms with E-state index in [4.69, 9.17) is 15.6 Å². The normalized spacial score (nSPS) is 27.1. The molecule has 0 amide bonds. The van der Waals surface area contributed by atoms with E-state index < -0.39 is 11.6 Å². The largest absolute Gasteiger partial charge is 0.481 e. The van der Waals surface area contributed by atoms with Crippen LogP contribution in [0.15, 0.2) is 11.6 Å². The number of rotatable bonds is 18. The molecule has 0 heterocycles. The third-order valence-corrected chi connectivity index (χ3v) is 8.54. The maximum atomic E-state index is 10.9. The molecule has 0 aromatic heterocycles. The van der Waals surface area contributed by atoms with Crippen LogP contribution in [0.4, 0.5) is 0 Å². The van der Waals surface area contributed by atoms with Gasteiger partial charge in [0.2, 0.25) is 0 Å². The van der Waals surface area contributed by atoms with Crippen LogP contribution in [0.25, 0.3) is 0 Å². The Balaban J connectivity index is 2.26. The van der Waals surface area contributed by atoms with Gasteiger partial charge in [0, 0.05) is 12.6 Å². The van der Waals surface area contributed by atoms with Crippen molar-refractivity contribution in [2.24, 2.45) is 35.3 Å². The number of carboxylic acid groups (broad SMARTS) is 1. The Labute approximate surface area is 216 Å². The van der Waals surface area contributed by atoms with Gasteiger partial charge in [0.25, 0.3) is 0 Å². The molecule has 0 bridgehead atoms. The highest BCUT2D eigenvalue weighted by Gasteiger charge is 2.33. The molecule has 1 rings (SSSR count). The molecule has 0 radical (unpaired) electrons. The van der Waals surface area contributed by atoms with Crippen LogP contribution in [0.5, 0.6) is 0 Å². The highest BCUT2D eigenvalue weighted by molar-refractivity contribution is 5.69. The van der Waals surface area contributed by atoms with E-state index in [0.717, 1.165) is 38.7 Å². The van der Waals surface area contributed by atoms with Crippen molar-refractivity contribution in [1.82, 2.24) is 0 Å². The van der Waals surface area contributed by atoms with Gasteiger partial charge in [0.1, 0.15) is 0 Å². The monoisotopic (exact) mass is 495 g/mol. The van der Waals surface area contributed by atoms with Gasteiger partial charge in [-0.05, 0) is 81.6 Å². The molecule has 4 N–H and O–H groups in total. The fourth-order valence-electron chi connectivity index (χ4n) is 5.51. The van der Waals surface area contributed by atoms with E-state index in [-0.39, 0.29) is 18.1 Å². The van der Waals surface area contributed by atoms with E-state index in [2.05, 4.69) is 40.7 Å². The first-order valence-corrected chi connectivity index (χ1v) is 14.4. The first kappa shape index (κ1) is 32.1. The molecule has 0 aromatic carbocycles. The minimum atomic E-state index is -0.748. The summed E-state index contributed by atoms with van der Waals surface area (Å²) in [7, 11) is 0. The second kappa shape index (κ2) is 16.0. The van der Waals surface area contributed by atoms with Crippen LogP contribution < -0.4 is 5.73 Å². The number of hydrogen-bond donors (Lipinski definition) is 3. The second-order valence-electron chi connectivity index (χ2n) is 12.1. The van der Waals surface area contributed by atoms with Crippen molar-refractivity contribution < 1.29 is 19.7 Å². The number of nitrogens with two attached hydrogens (primary N) is 1. The lowest BCUT2D eigenvalue weighted by Gasteiger charge is -2.38. The summed E-state index contributed by atoms with van der Waals surface area (Å²) < 4.78 is 6.11. The highest BCUT2D eigenvalue weighted by Crippen LogP contribution is 2.34. The summed E-state index contributed by atoms with van der Waals surface area (Å²) in [5.41, 5.74) is 7.11. The summed E-state index contributed by atoms with van der Waals surface area (Å²) in [6.45, 7) is 15.7. The lowest BCUT2D eigenvalue weighted by Crippen LogP contribution is -2.42. The molecule has 1 aliphatic rings. The SMILES string of the molecule is CCOC1C(CCC(C)CCCC(C)CCCC(C)(O)CCCC(C)C(=O)O)=CC(N)C(C)C1C. The number of carbonyl (C=O) groups is 1. The van der Waals surface area contributed by atoms with Crippen LogP contribution in [-0.4, -0.2) is 40.5 Å². The third kappa shape index (κ3) is 12.3. The summed E-state index contributed by atoms with van der Waals surface area (Å²) in [6.07, 6.45) is 13.6. The number of aliphatic hydroxyl groups is 1. The molecule has 0 aliphatic heterocycles. The van der Waals surface area contributed by atoms with Gasteiger partial charge < -0.3 is 20.7 Å². The van der Waals surface area contributed by atoms with Crippen molar-refractivity contribution in [3.8, 4) is 0 Å². The molecule has 8 unspecified atom stereocenters. The van der Waals surface area contributed by atoms with Crippen molar-refractivity contribution in [1.29, 1.82) is 0 Å². The lowest BCUT2D eigenvalue weighted by atomic mass is 9.75. The lowest BCUT2D eigenvalue weighted by molar-refractivity contribution is -0.141. The minimum Gasteiger partial charge on any atom is -0.481 e. The number of hydrogen-bond acceptors (Lipinski definition) is 4. The molecule has 0 saturated carbocycles. The summed E-state index contributed by atoms with van der Waals surface area (Å²) >= 11 is 0. The Hall–Kier alpha value is -0.910. The standard InChI is InChI=1S/C30H57NO4/c1-8-35-28-25(6)24(5)27(31)20-26(28)17-16-22(3)13-9-12-21(2)14-10-18-30(7,34)19-11-15-23(4)29(32)33/h20-25,27-28,34H,8-19,31H2,1-7H3,(H,32,33). The van der Waals surface area contributed by atoms with Gasteiger partial charge in [-0.3, -0.25) is 4.79 Å². The number of aliphatic carboxylic acids is 1. The summed E-state index contributed by atoms with van der Waals surface area (Å²) in [6, 6.07) is 0.141. The van der Waals surface area contributed by atoms with Crippen molar-refractivity contribution in [3.63, 3.8) is 0 Å². The summed E-state index contributed by atoms with van der Waals surface area (Å²) in [5.74, 6) is 1.22. The van der Waals surface area contributed by atoms with Gasteiger partial charge in [-0.1, -0.05) is 72.8 Å². The van der Waals surface area contributed by atoms with Gasteiger partial charge in [0.05, 0.1) is 17.6 Å². The van der Waals surface area contributed by atoms with Crippen LogP contribution >= 0.6 is 0 Å². The first-order chi connectivity index (χ1) is 16.4. The zero-order chi connectivity index (χ0) is 26.6. The predicted octanol–water partition coefficient (Wildman–Crippen LogP) is 6.97. The molecular weight excluding hydrogens is 438 g/mol. The van der Waals surface area contributed by atoms with E-state index in [1.807, 2.05) is 6.92 Å². The van der Waals surface area contributed by atoms with E-state index >= 15 is 0 Å². The van der Waals surface area contributed by atoms with Gasteiger partial charge in [-0.2, -0.15) is 0 Å². The zero-order valence-electron chi connectivity index (χ0n) is 23.9. The van der Waals surface area contributed by atoms with Crippen LogP contribution in [0.3, 0.4) is 0 Å². The van der Waals surface area contributed by atoms with Gasteiger partial charge in [-0.15, -0.1) is 0 Å². The maximum absolute atomic E-state index is 10.9. The van der Waals surface area contributed by atoms with Crippen molar-refractivity contribution in [2.75, 3.05) is 6.61 Å². The Bertz CT molecular complexity index is 632. The number of carboxylic acids is 1. The fraction of sp³-hybridized carbons (Fsp3) is 0.900. The summed E-state index contributed by atoms with van der Waals surface area (Å²) in [4.78, 5) is 10.9. The van der Waals surface area contributed by atoms with E-state index in [9.17, 15) is 9.90 Å². The van der Waals surface area contributed by atoms with Crippen molar-refractivity contribution in [2.45, 2.75) is 137 Å². The topological polar surface area (TPSA) is 92.8 Å². The Morgan fingerprint density at radius 2 is 1.54 bits per heavy atom. The quantitative estimate of drug-likeness (QED) is 0.179. The Morgan fingerprint density at radius 1 is 1.00 bits per heavy atom. The molecule has 0 spiro atoms. The number of ether oxygens (including phenoxy) is 1. The Morgan fingerprint density at radius 3 is 2.11 bits per heavy atom. The first-order valence-electron chi connectivity index (χ1n) is 14.4. The molecule has 206 valence electrons. The minimum absolute atomic E-state index is 0.141. The van der Waals surface area contributed by atoms with Gasteiger partial charge >= 0.3 is 5.97 Å². The predicted molar refractivity (Wildman–Crippen MR) is 146 cm³/mol. The van der Waals surface area contributed by atoms with Crippen LogP contribution in [0.2, 0.25) is 0 Å². The van der Waals surface area contributed by atoms with Crippen molar-refractivity contribution >= 4 is 5.97 Å². The molecule has 0 saturated heterocycles. The third-order valence-electron chi connectivity index (χ3n) is 8.54. The molecule has 0 aromatic rings. The summed E-state index contributed by atoms with van der Waals surface area (Å²) in [5, 5.41) is 19.6.